The molecule has 0 saturated carbocycles. The van der Waals surface area contributed by atoms with Crippen molar-refractivity contribution in [2.75, 3.05) is 5.43 Å². The second-order valence-corrected chi connectivity index (χ2v) is 5.03. The standard InChI is InChI=1S/C12H15N5OS/c1-2-9-6-15-11(19-9)7-16-12(18)8-3-4-10(17-13)14-5-8/h3-6H,2,7,13H2,1H3,(H,14,17)(H,16,18). The number of aryl methyl sites for hydroxylation is 1. The Hall–Kier alpha value is -1.99. The molecule has 2 aromatic heterocycles. The number of carbonyl (C=O) groups excluding carboxylic acids is 1. The van der Waals surface area contributed by atoms with E-state index in [2.05, 4.69) is 27.6 Å². The second kappa shape index (κ2) is 6.26. The van der Waals surface area contributed by atoms with Crippen molar-refractivity contribution in [2.24, 2.45) is 5.84 Å². The quantitative estimate of drug-likeness (QED) is 0.566. The molecule has 2 rings (SSSR count). The molecule has 0 fully saturated rings. The lowest BCUT2D eigenvalue weighted by Gasteiger charge is -2.03. The third-order valence-corrected chi connectivity index (χ3v) is 3.67. The Morgan fingerprint density at radius 1 is 1.37 bits per heavy atom. The van der Waals surface area contributed by atoms with Crippen LogP contribution in [0.2, 0.25) is 0 Å². The molecule has 7 heteroatoms. The summed E-state index contributed by atoms with van der Waals surface area (Å²) in [7, 11) is 0. The minimum absolute atomic E-state index is 0.177. The first-order valence-corrected chi connectivity index (χ1v) is 6.69. The predicted molar refractivity (Wildman–Crippen MR) is 74.7 cm³/mol. The zero-order chi connectivity index (χ0) is 13.7. The van der Waals surface area contributed by atoms with Gasteiger partial charge in [-0.1, -0.05) is 6.92 Å². The van der Waals surface area contributed by atoms with Crippen molar-refractivity contribution < 1.29 is 4.79 Å². The van der Waals surface area contributed by atoms with Gasteiger partial charge in [-0.3, -0.25) is 4.79 Å². The number of rotatable bonds is 5. The minimum Gasteiger partial charge on any atom is -0.345 e. The Labute approximate surface area is 115 Å². The van der Waals surface area contributed by atoms with Gasteiger partial charge in [0.1, 0.15) is 10.8 Å². The molecule has 0 unspecified atom stereocenters. The molecule has 1 amide bonds. The fourth-order valence-corrected chi connectivity index (χ4v) is 2.27. The van der Waals surface area contributed by atoms with E-state index in [1.54, 1.807) is 23.5 Å². The van der Waals surface area contributed by atoms with E-state index in [0.717, 1.165) is 11.4 Å². The summed E-state index contributed by atoms with van der Waals surface area (Å²) >= 11 is 1.61. The van der Waals surface area contributed by atoms with Gasteiger partial charge in [0.2, 0.25) is 0 Å². The van der Waals surface area contributed by atoms with E-state index >= 15 is 0 Å². The molecular weight excluding hydrogens is 262 g/mol. The van der Waals surface area contributed by atoms with Gasteiger partial charge in [-0.25, -0.2) is 15.8 Å². The fraction of sp³-hybridized carbons (Fsp3) is 0.250. The Kier molecular flexibility index (Phi) is 4.43. The molecule has 19 heavy (non-hydrogen) atoms. The SMILES string of the molecule is CCc1cnc(CNC(=O)c2ccc(NN)nc2)s1. The summed E-state index contributed by atoms with van der Waals surface area (Å²) in [6, 6.07) is 3.31. The monoisotopic (exact) mass is 277 g/mol. The molecule has 0 saturated heterocycles. The number of hydrazine groups is 1. The lowest BCUT2D eigenvalue weighted by molar-refractivity contribution is 0.0950. The number of amides is 1. The van der Waals surface area contributed by atoms with Crippen molar-refractivity contribution >= 4 is 23.1 Å². The van der Waals surface area contributed by atoms with Gasteiger partial charge < -0.3 is 10.7 Å². The number of nitrogens with two attached hydrogens (primary N) is 1. The van der Waals surface area contributed by atoms with Crippen LogP contribution in [0.25, 0.3) is 0 Å². The highest BCUT2D eigenvalue weighted by molar-refractivity contribution is 7.11. The van der Waals surface area contributed by atoms with Crippen LogP contribution in [0.3, 0.4) is 0 Å². The topological polar surface area (TPSA) is 92.9 Å². The van der Waals surface area contributed by atoms with Gasteiger partial charge in [0.15, 0.2) is 0 Å². The maximum atomic E-state index is 11.9. The van der Waals surface area contributed by atoms with Crippen LogP contribution in [0, 0.1) is 0 Å². The largest absolute Gasteiger partial charge is 0.345 e. The summed E-state index contributed by atoms with van der Waals surface area (Å²) in [6.07, 6.45) is 4.28. The third kappa shape index (κ3) is 3.49. The summed E-state index contributed by atoms with van der Waals surface area (Å²) in [5.41, 5.74) is 2.90. The van der Waals surface area contributed by atoms with Gasteiger partial charge in [-0.2, -0.15) is 0 Å². The second-order valence-electron chi connectivity index (χ2n) is 3.83. The number of hydrogen-bond donors (Lipinski definition) is 3. The molecule has 0 aliphatic rings. The number of thiazole rings is 1. The van der Waals surface area contributed by atoms with Crippen molar-refractivity contribution in [3.8, 4) is 0 Å². The Balaban J connectivity index is 1.93. The average Bonchev–Trinajstić information content (AvgIpc) is 2.93. The van der Waals surface area contributed by atoms with Crippen LogP contribution in [0.1, 0.15) is 27.2 Å². The molecule has 0 aliphatic carbocycles. The molecule has 100 valence electrons. The number of aromatic nitrogens is 2. The number of nitrogens with zero attached hydrogens (tertiary/aromatic N) is 2. The van der Waals surface area contributed by atoms with Gasteiger partial charge in [-0.15, -0.1) is 11.3 Å². The molecule has 0 atom stereocenters. The molecule has 0 bridgehead atoms. The van der Waals surface area contributed by atoms with E-state index in [-0.39, 0.29) is 5.91 Å². The van der Waals surface area contributed by atoms with E-state index in [0.29, 0.717) is 17.9 Å². The van der Waals surface area contributed by atoms with E-state index in [1.807, 2.05) is 6.20 Å². The third-order valence-electron chi connectivity index (χ3n) is 2.52. The lowest BCUT2D eigenvalue weighted by atomic mass is 10.2. The number of anilines is 1. The van der Waals surface area contributed by atoms with Crippen molar-refractivity contribution in [3.63, 3.8) is 0 Å². The molecule has 2 heterocycles. The molecular formula is C12H15N5OS. The van der Waals surface area contributed by atoms with Crippen LogP contribution < -0.4 is 16.6 Å². The Morgan fingerprint density at radius 2 is 2.21 bits per heavy atom. The Morgan fingerprint density at radius 3 is 2.79 bits per heavy atom. The number of nitrogens with one attached hydrogen (secondary N) is 2. The van der Waals surface area contributed by atoms with E-state index in [1.165, 1.54) is 11.1 Å². The van der Waals surface area contributed by atoms with Crippen molar-refractivity contribution in [3.05, 3.63) is 40.0 Å². The van der Waals surface area contributed by atoms with Crippen LogP contribution in [-0.2, 0) is 13.0 Å². The summed E-state index contributed by atoms with van der Waals surface area (Å²) in [6.45, 7) is 2.51. The molecule has 6 nitrogen and oxygen atoms in total. The summed E-state index contributed by atoms with van der Waals surface area (Å²) in [5, 5.41) is 3.71. The van der Waals surface area contributed by atoms with Crippen LogP contribution in [0.15, 0.2) is 24.5 Å². The normalized spacial score (nSPS) is 10.2. The fourth-order valence-electron chi connectivity index (χ4n) is 1.46. The summed E-state index contributed by atoms with van der Waals surface area (Å²) in [4.78, 5) is 21.3. The first-order valence-electron chi connectivity index (χ1n) is 5.87. The van der Waals surface area contributed by atoms with Crippen LogP contribution >= 0.6 is 11.3 Å². The molecule has 0 radical (unpaired) electrons. The molecule has 0 aliphatic heterocycles. The maximum absolute atomic E-state index is 11.9. The zero-order valence-corrected chi connectivity index (χ0v) is 11.3. The summed E-state index contributed by atoms with van der Waals surface area (Å²) < 4.78 is 0. The molecule has 2 aromatic rings. The van der Waals surface area contributed by atoms with Gasteiger partial charge in [-0.05, 0) is 18.6 Å². The summed E-state index contributed by atoms with van der Waals surface area (Å²) in [5.74, 6) is 5.55. The molecule has 0 spiro atoms. The van der Waals surface area contributed by atoms with Gasteiger partial charge in [0.05, 0.1) is 12.1 Å². The highest BCUT2D eigenvalue weighted by Crippen LogP contribution is 2.13. The van der Waals surface area contributed by atoms with Crippen LogP contribution in [-0.4, -0.2) is 15.9 Å². The predicted octanol–water partition coefficient (Wildman–Crippen LogP) is 1.32. The number of pyridine rings is 1. The number of hydrogen-bond acceptors (Lipinski definition) is 6. The van der Waals surface area contributed by atoms with Gasteiger partial charge in [0.25, 0.3) is 5.91 Å². The Bertz CT molecular complexity index is 552. The van der Waals surface area contributed by atoms with Crippen LogP contribution in [0.5, 0.6) is 0 Å². The highest BCUT2D eigenvalue weighted by Gasteiger charge is 2.07. The molecule has 4 N–H and O–H groups in total. The lowest BCUT2D eigenvalue weighted by Crippen LogP contribution is -2.23. The maximum Gasteiger partial charge on any atom is 0.253 e. The first-order chi connectivity index (χ1) is 9.22. The number of carbonyl (C=O) groups is 1. The van der Waals surface area contributed by atoms with Crippen molar-refractivity contribution in [1.82, 2.24) is 15.3 Å². The van der Waals surface area contributed by atoms with Gasteiger partial charge in [0, 0.05) is 17.3 Å². The van der Waals surface area contributed by atoms with Crippen LogP contribution in [0.4, 0.5) is 5.82 Å². The first kappa shape index (κ1) is 13.4. The van der Waals surface area contributed by atoms with Crippen molar-refractivity contribution in [2.45, 2.75) is 19.9 Å². The van der Waals surface area contributed by atoms with Crippen molar-refractivity contribution in [1.29, 1.82) is 0 Å². The minimum atomic E-state index is -0.177. The average molecular weight is 277 g/mol. The van der Waals surface area contributed by atoms with E-state index in [9.17, 15) is 4.79 Å². The zero-order valence-electron chi connectivity index (χ0n) is 10.5. The highest BCUT2D eigenvalue weighted by atomic mass is 32.1. The van der Waals surface area contributed by atoms with E-state index < -0.39 is 0 Å². The van der Waals surface area contributed by atoms with E-state index in [4.69, 9.17) is 5.84 Å². The molecule has 0 aromatic carbocycles. The number of nitrogen functional groups attached to an aromatic ring is 1. The smallest absolute Gasteiger partial charge is 0.253 e. The van der Waals surface area contributed by atoms with Gasteiger partial charge >= 0.3 is 0 Å².